The third-order valence-electron chi connectivity index (χ3n) is 5.92. The molecule has 2 heterocycles. The van der Waals surface area contributed by atoms with Crippen LogP contribution in [0.15, 0.2) is 28.7 Å². The number of nitrogens with zero attached hydrogens (tertiary/aromatic N) is 1. The van der Waals surface area contributed by atoms with E-state index in [2.05, 4.69) is 10.1 Å². The lowest BCUT2D eigenvalue weighted by Gasteiger charge is -2.29. The summed E-state index contributed by atoms with van der Waals surface area (Å²) < 4.78 is 10.2. The fraction of sp³-hybridized carbons (Fsp3) is 0.391. The smallest absolute Gasteiger partial charge is 0.341 e. The van der Waals surface area contributed by atoms with Crippen molar-refractivity contribution >= 4 is 23.7 Å². The average Bonchev–Trinajstić information content (AvgIpc) is 3.28. The first-order chi connectivity index (χ1) is 14.9. The number of rotatable bonds is 5. The van der Waals surface area contributed by atoms with E-state index in [1.54, 1.807) is 13.0 Å². The van der Waals surface area contributed by atoms with Crippen molar-refractivity contribution in [2.45, 2.75) is 51.6 Å². The number of benzene rings is 1. The molecular weight excluding hydrogens is 400 g/mol. The van der Waals surface area contributed by atoms with Crippen LogP contribution >= 0.6 is 0 Å². The summed E-state index contributed by atoms with van der Waals surface area (Å²) in [6.07, 6.45) is 4.80. The van der Waals surface area contributed by atoms with Gasteiger partial charge in [-0.15, -0.1) is 0 Å². The molecule has 1 saturated carbocycles. The molecule has 0 unspecified atom stereocenters. The minimum atomic E-state index is -0.511. The summed E-state index contributed by atoms with van der Waals surface area (Å²) in [7, 11) is 1.28. The van der Waals surface area contributed by atoms with Gasteiger partial charge in [0, 0.05) is 11.6 Å². The number of amides is 3. The van der Waals surface area contributed by atoms with Crippen molar-refractivity contribution in [2.24, 2.45) is 0 Å². The van der Waals surface area contributed by atoms with Crippen LogP contribution in [-0.4, -0.2) is 41.7 Å². The van der Waals surface area contributed by atoms with E-state index < -0.39 is 11.9 Å². The third kappa shape index (κ3) is 3.85. The van der Waals surface area contributed by atoms with E-state index in [1.807, 2.05) is 0 Å². The van der Waals surface area contributed by atoms with Gasteiger partial charge in [0.05, 0.1) is 24.8 Å². The van der Waals surface area contributed by atoms with Gasteiger partial charge in [0.25, 0.3) is 17.7 Å². The first-order valence-corrected chi connectivity index (χ1v) is 10.4. The monoisotopic (exact) mass is 424 g/mol. The lowest BCUT2D eigenvalue weighted by molar-refractivity contribution is 0.0546. The Balaban J connectivity index is 1.47. The topological polar surface area (TPSA) is 106 Å². The number of hydrogen-bond donors (Lipinski definition) is 1. The number of carbonyl (C=O) groups is 4. The molecule has 4 rings (SSSR count). The molecule has 1 aliphatic carbocycles. The van der Waals surface area contributed by atoms with Crippen molar-refractivity contribution in [3.05, 3.63) is 58.0 Å². The predicted octanol–water partition coefficient (Wildman–Crippen LogP) is 3.23. The Morgan fingerprint density at radius 3 is 2.52 bits per heavy atom. The zero-order valence-electron chi connectivity index (χ0n) is 17.5. The van der Waals surface area contributed by atoms with Gasteiger partial charge in [-0.2, -0.15) is 0 Å². The maximum Gasteiger partial charge on any atom is 0.341 e. The minimum Gasteiger partial charge on any atom is -0.465 e. The lowest BCUT2D eigenvalue weighted by Crippen LogP contribution is -2.40. The van der Waals surface area contributed by atoms with Crippen molar-refractivity contribution in [1.82, 2.24) is 10.2 Å². The molecule has 8 nitrogen and oxygen atoms in total. The molecule has 1 aromatic carbocycles. The zero-order valence-corrected chi connectivity index (χ0v) is 17.5. The number of fused-ring (bicyclic) bond motifs is 1. The molecule has 162 valence electrons. The second-order valence-corrected chi connectivity index (χ2v) is 7.89. The normalized spacial score (nSPS) is 16.4. The van der Waals surface area contributed by atoms with Crippen LogP contribution in [0.3, 0.4) is 0 Å². The molecule has 0 atom stereocenters. The van der Waals surface area contributed by atoms with Gasteiger partial charge in [-0.25, -0.2) is 4.79 Å². The van der Waals surface area contributed by atoms with Crippen molar-refractivity contribution in [2.75, 3.05) is 7.11 Å². The molecule has 0 spiro atoms. The molecular formula is C23H24N2O6. The van der Waals surface area contributed by atoms with Crippen molar-refractivity contribution in [3.63, 3.8) is 0 Å². The summed E-state index contributed by atoms with van der Waals surface area (Å²) in [5, 5.41) is 2.71. The summed E-state index contributed by atoms with van der Waals surface area (Å²) in [4.78, 5) is 51.3. The Kier molecular flexibility index (Phi) is 5.63. The molecule has 1 N–H and O–H groups in total. The zero-order chi connectivity index (χ0) is 22.1. The summed E-state index contributed by atoms with van der Waals surface area (Å²) in [5.41, 5.74) is 1.19. The van der Waals surface area contributed by atoms with Crippen molar-refractivity contribution in [1.29, 1.82) is 0 Å². The number of esters is 1. The van der Waals surface area contributed by atoms with Gasteiger partial charge in [-0.05, 0) is 44.0 Å². The highest BCUT2D eigenvalue weighted by Crippen LogP contribution is 2.31. The van der Waals surface area contributed by atoms with Crippen LogP contribution in [0, 0.1) is 6.92 Å². The molecule has 0 radical (unpaired) electrons. The maximum absolute atomic E-state index is 12.9. The van der Waals surface area contributed by atoms with Gasteiger partial charge in [0.2, 0.25) is 0 Å². The van der Waals surface area contributed by atoms with Crippen molar-refractivity contribution in [3.8, 4) is 0 Å². The van der Waals surface area contributed by atoms with Crippen LogP contribution in [0.1, 0.15) is 85.1 Å². The molecule has 1 aromatic heterocycles. The second kappa shape index (κ2) is 8.37. The van der Waals surface area contributed by atoms with E-state index in [0.717, 1.165) is 32.1 Å². The number of methoxy groups -OCH3 is 1. The van der Waals surface area contributed by atoms with Gasteiger partial charge in [-0.1, -0.05) is 19.3 Å². The highest BCUT2D eigenvalue weighted by atomic mass is 16.5. The quantitative estimate of drug-likeness (QED) is 0.583. The van der Waals surface area contributed by atoms with E-state index in [1.165, 1.54) is 30.2 Å². The molecule has 31 heavy (non-hydrogen) atoms. The number of carbonyl (C=O) groups excluding carboxylic acids is 4. The number of furan rings is 1. The van der Waals surface area contributed by atoms with Crippen LogP contribution in [0.5, 0.6) is 0 Å². The van der Waals surface area contributed by atoms with E-state index in [4.69, 9.17) is 4.42 Å². The molecule has 8 heteroatoms. The molecule has 1 fully saturated rings. The van der Waals surface area contributed by atoms with Crippen LogP contribution < -0.4 is 5.32 Å². The molecule has 1 aliphatic heterocycles. The maximum atomic E-state index is 12.9. The van der Waals surface area contributed by atoms with E-state index in [9.17, 15) is 19.2 Å². The molecule has 3 amide bonds. The van der Waals surface area contributed by atoms with Crippen molar-refractivity contribution < 1.29 is 28.3 Å². The van der Waals surface area contributed by atoms with Crippen LogP contribution in [0.2, 0.25) is 0 Å². The SMILES string of the molecule is COC(=O)c1cc(CNC(=O)c2ccc3c(c2)C(=O)N(C2CCCCC2)C3=O)oc1C. The molecule has 2 aliphatic rings. The van der Waals surface area contributed by atoms with Gasteiger partial charge >= 0.3 is 5.97 Å². The number of aryl methyl sites for hydroxylation is 1. The van der Waals surface area contributed by atoms with Gasteiger partial charge in [0.15, 0.2) is 0 Å². The van der Waals surface area contributed by atoms with Gasteiger partial charge in [-0.3, -0.25) is 19.3 Å². The van der Waals surface area contributed by atoms with Crippen LogP contribution in [0.4, 0.5) is 0 Å². The Labute approximate surface area is 179 Å². The summed E-state index contributed by atoms with van der Waals surface area (Å²) >= 11 is 0. The summed E-state index contributed by atoms with van der Waals surface area (Å²) in [5.74, 6) is -0.718. The summed E-state index contributed by atoms with van der Waals surface area (Å²) in [6, 6.07) is 6.01. The standard InChI is InChI=1S/C23H24N2O6/c1-13-18(23(29)30-2)11-16(31-13)12-24-20(26)14-8-9-17-19(10-14)22(28)25(21(17)27)15-6-4-3-5-7-15/h8-11,15H,3-7,12H2,1-2H3,(H,24,26). The number of nitrogens with one attached hydrogen (secondary N) is 1. The number of imide groups is 1. The average molecular weight is 424 g/mol. The second-order valence-electron chi connectivity index (χ2n) is 7.89. The number of ether oxygens (including phenoxy) is 1. The van der Waals surface area contributed by atoms with Crippen LogP contribution in [0.25, 0.3) is 0 Å². The Morgan fingerprint density at radius 2 is 1.81 bits per heavy atom. The molecule has 2 aromatic rings. The van der Waals surface area contributed by atoms with Gasteiger partial charge < -0.3 is 14.5 Å². The Bertz CT molecular complexity index is 1060. The first-order valence-electron chi connectivity index (χ1n) is 10.4. The predicted molar refractivity (Wildman–Crippen MR) is 110 cm³/mol. The van der Waals surface area contributed by atoms with E-state index in [-0.39, 0.29) is 35.5 Å². The molecule has 0 bridgehead atoms. The van der Waals surface area contributed by atoms with E-state index >= 15 is 0 Å². The number of hydrogen-bond acceptors (Lipinski definition) is 6. The van der Waals surface area contributed by atoms with Gasteiger partial charge in [0.1, 0.15) is 17.1 Å². The van der Waals surface area contributed by atoms with Crippen LogP contribution in [-0.2, 0) is 11.3 Å². The highest BCUT2D eigenvalue weighted by molar-refractivity contribution is 6.22. The Morgan fingerprint density at radius 1 is 1.10 bits per heavy atom. The lowest BCUT2D eigenvalue weighted by atomic mass is 9.94. The third-order valence-corrected chi connectivity index (χ3v) is 5.92. The first kappa shape index (κ1) is 20.8. The largest absolute Gasteiger partial charge is 0.465 e. The summed E-state index contributed by atoms with van der Waals surface area (Å²) in [6.45, 7) is 1.70. The highest BCUT2D eigenvalue weighted by Gasteiger charge is 2.40. The fourth-order valence-corrected chi connectivity index (χ4v) is 4.28. The minimum absolute atomic E-state index is 0.0643. The molecule has 0 saturated heterocycles. The Hall–Kier alpha value is -3.42. The fourth-order valence-electron chi connectivity index (χ4n) is 4.28. The van der Waals surface area contributed by atoms with E-state index in [0.29, 0.717) is 22.6 Å².